The molecule has 0 spiro atoms. The van der Waals surface area contributed by atoms with Gasteiger partial charge in [-0.2, -0.15) is 0 Å². The number of rotatable bonds is 6. The number of benzene rings is 2. The molecule has 0 saturated carbocycles. The van der Waals surface area contributed by atoms with Gasteiger partial charge >= 0.3 is 0 Å². The van der Waals surface area contributed by atoms with Crippen LogP contribution < -0.4 is 10.6 Å². The van der Waals surface area contributed by atoms with Crippen molar-refractivity contribution in [2.75, 3.05) is 17.2 Å². The number of nitrogens with one attached hydrogen (secondary N) is 3. The molecule has 3 N–H and O–H groups in total. The summed E-state index contributed by atoms with van der Waals surface area (Å²) in [5.74, 6) is -3.29. The molecule has 8 heteroatoms. The highest BCUT2D eigenvalue weighted by atomic mass is 19.2. The topological polar surface area (TPSA) is 65.6 Å². The maximum absolute atomic E-state index is 13.8. The van der Waals surface area contributed by atoms with Gasteiger partial charge in [0.2, 0.25) is 0 Å². The first-order chi connectivity index (χ1) is 13.6. The largest absolute Gasteiger partial charge is 0.370 e. The van der Waals surface area contributed by atoms with Crippen molar-refractivity contribution in [2.24, 2.45) is 0 Å². The number of hydrogen-bond donors (Lipinski definition) is 3. The Balaban J connectivity index is 1.42. The molecule has 0 unspecified atom stereocenters. The van der Waals surface area contributed by atoms with E-state index >= 15 is 0 Å². The highest BCUT2D eigenvalue weighted by Gasteiger charge is 2.14. The number of aromatic nitrogens is 3. The van der Waals surface area contributed by atoms with Crippen molar-refractivity contribution in [1.29, 1.82) is 0 Å². The summed E-state index contributed by atoms with van der Waals surface area (Å²) in [6.07, 6.45) is 4.05. The van der Waals surface area contributed by atoms with Gasteiger partial charge in [-0.05, 0) is 30.2 Å². The van der Waals surface area contributed by atoms with Crippen LogP contribution in [0.25, 0.3) is 10.9 Å². The Morgan fingerprint density at radius 1 is 0.929 bits per heavy atom. The highest BCUT2D eigenvalue weighted by Crippen LogP contribution is 2.23. The summed E-state index contributed by atoms with van der Waals surface area (Å²) < 4.78 is 40.2. The zero-order chi connectivity index (χ0) is 19.5. The van der Waals surface area contributed by atoms with E-state index in [0.717, 1.165) is 24.1 Å². The van der Waals surface area contributed by atoms with Crippen molar-refractivity contribution in [3.05, 3.63) is 78.0 Å². The van der Waals surface area contributed by atoms with Crippen molar-refractivity contribution in [1.82, 2.24) is 15.0 Å². The monoisotopic (exact) mass is 383 g/mol. The lowest BCUT2D eigenvalue weighted by Crippen LogP contribution is -2.07. The lowest BCUT2D eigenvalue weighted by atomic mass is 10.1. The van der Waals surface area contributed by atoms with Crippen molar-refractivity contribution in [3.63, 3.8) is 0 Å². The molecule has 5 nitrogen and oxygen atoms in total. The molecule has 0 saturated heterocycles. The SMILES string of the molecule is Fc1ccc(Nc2cc(NCCc3c[nH]c4ccccc34)ncn2)c(F)c1F. The van der Waals surface area contributed by atoms with E-state index in [1.807, 2.05) is 24.4 Å². The average Bonchev–Trinajstić information content (AvgIpc) is 3.12. The molecular formula is C20H16F3N5. The second-order valence-corrected chi connectivity index (χ2v) is 6.17. The number of aromatic amines is 1. The number of halogens is 3. The fourth-order valence-electron chi connectivity index (χ4n) is 2.95. The van der Waals surface area contributed by atoms with E-state index in [0.29, 0.717) is 12.4 Å². The molecule has 0 aliphatic carbocycles. The van der Waals surface area contributed by atoms with E-state index in [4.69, 9.17) is 0 Å². The summed E-state index contributed by atoms with van der Waals surface area (Å²) in [4.78, 5) is 11.3. The summed E-state index contributed by atoms with van der Waals surface area (Å²) in [6.45, 7) is 0.623. The van der Waals surface area contributed by atoms with Gasteiger partial charge in [-0.25, -0.2) is 23.1 Å². The van der Waals surface area contributed by atoms with Gasteiger partial charge in [0, 0.05) is 29.7 Å². The van der Waals surface area contributed by atoms with Crippen molar-refractivity contribution in [3.8, 4) is 0 Å². The standard InChI is InChI=1S/C20H16F3N5/c21-14-5-6-16(20(23)19(14)22)28-18-9-17(26-11-27-18)24-8-7-12-10-25-15-4-2-1-3-13(12)15/h1-6,9-11,25H,7-8H2,(H2,24,26,27,28). The molecule has 28 heavy (non-hydrogen) atoms. The summed E-state index contributed by atoms with van der Waals surface area (Å²) >= 11 is 0. The van der Waals surface area contributed by atoms with Crippen LogP contribution in [0.4, 0.5) is 30.5 Å². The molecule has 0 aliphatic heterocycles. The van der Waals surface area contributed by atoms with Crippen molar-refractivity contribution >= 4 is 28.2 Å². The number of hydrogen-bond acceptors (Lipinski definition) is 4. The molecule has 0 atom stereocenters. The molecular weight excluding hydrogens is 367 g/mol. The first-order valence-corrected chi connectivity index (χ1v) is 8.63. The Morgan fingerprint density at radius 2 is 1.75 bits per heavy atom. The first-order valence-electron chi connectivity index (χ1n) is 8.63. The molecule has 142 valence electrons. The van der Waals surface area contributed by atoms with E-state index < -0.39 is 17.5 Å². The van der Waals surface area contributed by atoms with Crippen LogP contribution in [0.5, 0.6) is 0 Å². The van der Waals surface area contributed by atoms with E-state index in [1.54, 1.807) is 6.07 Å². The normalized spacial score (nSPS) is 11.0. The van der Waals surface area contributed by atoms with Crippen LogP contribution in [0.1, 0.15) is 5.56 Å². The lowest BCUT2D eigenvalue weighted by molar-refractivity contribution is 0.449. The number of fused-ring (bicyclic) bond motifs is 1. The molecule has 0 bridgehead atoms. The van der Waals surface area contributed by atoms with E-state index in [2.05, 4.69) is 31.7 Å². The quantitative estimate of drug-likeness (QED) is 0.420. The van der Waals surface area contributed by atoms with E-state index in [1.165, 1.54) is 17.3 Å². The Morgan fingerprint density at radius 3 is 2.64 bits per heavy atom. The van der Waals surface area contributed by atoms with Gasteiger partial charge in [-0.3, -0.25) is 0 Å². The fourth-order valence-corrected chi connectivity index (χ4v) is 2.95. The fraction of sp³-hybridized carbons (Fsp3) is 0.100. The second-order valence-electron chi connectivity index (χ2n) is 6.17. The van der Waals surface area contributed by atoms with Crippen LogP contribution in [0.3, 0.4) is 0 Å². The minimum Gasteiger partial charge on any atom is -0.370 e. The second kappa shape index (κ2) is 7.59. The summed E-state index contributed by atoms with van der Waals surface area (Å²) in [5.41, 5.74) is 2.06. The molecule has 4 aromatic rings. The van der Waals surface area contributed by atoms with Crippen LogP contribution in [-0.2, 0) is 6.42 Å². The Hall–Kier alpha value is -3.55. The zero-order valence-corrected chi connectivity index (χ0v) is 14.6. The third-order valence-electron chi connectivity index (χ3n) is 4.34. The Kier molecular flexibility index (Phi) is 4.84. The average molecular weight is 383 g/mol. The highest BCUT2D eigenvalue weighted by molar-refractivity contribution is 5.83. The maximum atomic E-state index is 13.8. The number of H-pyrrole nitrogens is 1. The molecule has 0 fully saturated rings. The van der Waals surface area contributed by atoms with Crippen molar-refractivity contribution < 1.29 is 13.2 Å². The van der Waals surface area contributed by atoms with Gasteiger partial charge in [0.1, 0.15) is 18.0 Å². The molecule has 0 amide bonds. The van der Waals surface area contributed by atoms with Crippen LogP contribution in [0.15, 0.2) is 55.0 Å². The van der Waals surface area contributed by atoms with Crippen LogP contribution >= 0.6 is 0 Å². The van der Waals surface area contributed by atoms with E-state index in [-0.39, 0.29) is 11.5 Å². The zero-order valence-electron chi connectivity index (χ0n) is 14.6. The predicted molar refractivity (Wildman–Crippen MR) is 102 cm³/mol. The lowest BCUT2D eigenvalue weighted by Gasteiger charge is -2.10. The van der Waals surface area contributed by atoms with Gasteiger partial charge in [-0.1, -0.05) is 18.2 Å². The van der Waals surface area contributed by atoms with E-state index in [9.17, 15) is 13.2 Å². The summed E-state index contributed by atoms with van der Waals surface area (Å²) in [7, 11) is 0. The minimum atomic E-state index is -1.53. The molecule has 0 radical (unpaired) electrons. The predicted octanol–water partition coefficient (Wildman–Crippen LogP) is 4.77. The third kappa shape index (κ3) is 3.62. The van der Waals surface area contributed by atoms with Gasteiger partial charge in [0.05, 0.1) is 5.69 Å². The number of anilines is 3. The Bertz CT molecular complexity index is 1130. The molecule has 2 heterocycles. The van der Waals surface area contributed by atoms with Crippen LogP contribution in [0.2, 0.25) is 0 Å². The molecule has 2 aromatic heterocycles. The van der Waals surface area contributed by atoms with Crippen LogP contribution in [0, 0.1) is 17.5 Å². The molecule has 0 aliphatic rings. The van der Waals surface area contributed by atoms with Gasteiger partial charge < -0.3 is 15.6 Å². The molecule has 2 aromatic carbocycles. The summed E-state index contributed by atoms with van der Waals surface area (Å²) in [6, 6.07) is 11.6. The van der Waals surface area contributed by atoms with Gasteiger partial charge in [0.15, 0.2) is 17.5 Å². The number of nitrogens with zero attached hydrogens (tertiary/aromatic N) is 2. The molecule has 4 rings (SSSR count). The third-order valence-corrected chi connectivity index (χ3v) is 4.34. The maximum Gasteiger partial charge on any atom is 0.196 e. The van der Waals surface area contributed by atoms with Gasteiger partial charge in [-0.15, -0.1) is 0 Å². The van der Waals surface area contributed by atoms with Gasteiger partial charge in [0.25, 0.3) is 0 Å². The Labute approximate surface area is 158 Å². The van der Waals surface area contributed by atoms with Crippen LogP contribution in [-0.4, -0.2) is 21.5 Å². The first kappa shape index (κ1) is 17.8. The summed E-state index contributed by atoms with van der Waals surface area (Å²) in [5, 5.41) is 6.98. The van der Waals surface area contributed by atoms with Crippen molar-refractivity contribution in [2.45, 2.75) is 6.42 Å². The number of para-hydroxylation sites is 1. The smallest absolute Gasteiger partial charge is 0.196 e. The minimum absolute atomic E-state index is 0.206.